The molecule has 0 amide bonds. The first-order valence-electron chi connectivity index (χ1n) is 7.03. The van der Waals surface area contributed by atoms with Crippen molar-refractivity contribution in [1.82, 2.24) is 0 Å². The van der Waals surface area contributed by atoms with Crippen molar-refractivity contribution in [2.75, 3.05) is 7.11 Å². The number of halogens is 1. The van der Waals surface area contributed by atoms with Crippen LogP contribution in [0.5, 0.6) is 0 Å². The molecule has 19 heavy (non-hydrogen) atoms. The van der Waals surface area contributed by atoms with Gasteiger partial charge in [-0.25, -0.2) is 0 Å². The topological polar surface area (TPSA) is 29.5 Å². The number of hydrogen-bond donors (Lipinski definition) is 1. The second kappa shape index (κ2) is 6.55. The van der Waals surface area contributed by atoms with Gasteiger partial charge in [-0.2, -0.15) is 0 Å². The molecule has 2 nitrogen and oxygen atoms in total. The smallest absolute Gasteiger partial charge is 0.0939 e. The normalized spacial score (nSPS) is 29.2. The van der Waals surface area contributed by atoms with Crippen LogP contribution < -0.4 is 0 Å². The first-order valence-corrected chi connectivity index (χ1v) is 8.11. The number of aliphatic hydroxyl groups is 1. The van der Waals surface area contributed by atoms with Crippen LogP contribution in [-0.2, 0) is 11.2 Å². The van der Waals surface area contributed by atoms with Crippen molar-refractivity contribution < 1.29 is 9.84 Å². The van der Waals surface area contributed by atoms with Gasteiger partial charge in [0.25, 0.3) is 0 Å². The molecule has 0 heterocycles. The van der Waals surface area contributed by atoms with E-state index >= 15 is 0 Å². The lowest BCUT2D eigenvalue weighted by Crippen LogP contribution is -2.47. The Morgan fingerprint density at radius 3 is 2.42 bits per heavy atom. The number of benzene rings is 1. The fourth-order valence-corrected chi connectivity index (χ4v) is 3.31. The van der Waals surface area contributed by atoms with Gasteiger partial charge in [-0.15, -0.1) is 0 Å². The van der Waals surface area contributed by atoms with E-state index in [9.17, 15) is 5.11 Å². The highest BCUT2D eigenvalue weighted by Gasteiger charge is 2.40. The van der Waals surface area contributed by atoms with E-state index in [-0.39, 0.29) is 5.60 Å². The van der Waals surface area contributed by atoms with Gasteiger partial charge >= 0.3 is 0 Å². The molecule has 1 aromatic carbocycles. The number of ether oxygens (including phenoxy) is 1. The Bertz CT molecular complexity index is 394. The predicted molar refractivity (Wildman–Crippen MR) is 86.2 cm³/mol. The van der Waals surface area contributed by atoms with E-state index < -0.39 is 6.10 Å². The minimum absolute atomic E-state index is 0.338. The monoisotopic (exact) mass is 374 g/mol. The van der Waals surface area contributed by atoms with Gasteiger partial charge in [0.2, 0.25) is 0 Å². The van der Waals surface area contributed by atoms with Crippen molar-refractivity contribution in [3.05, 3.63) is 33.4 Å². The Labute approximate surface area is 129 Å². The fraction of sp³-hybridized carbons (Fsp3) is 0.625. The highest BCUT2D eigenvalue weighted by molar-refractivity contribution is 14.1. The molecular weight excluding hydrogens is 351 g/mol. The van der Waals surface area contributed by atoms with E-state index in [1.807, 2.05) is 0 Å². The van der Waals surface area contributed by atoms with Gasteiger partial charge in [-0.1, -0.05) is 19.1 Å². The molecule has 1 aliphatic carbocycles. The summed E-state index contributed by atoms with van der Waals surface area (Å²) in [5, 5.41) is 10.6. The zero-order chi connectivity index (χ0) is 13.9. The average Bonchev–Trinajstić information content (AvgIpc) is 2.42. The molecule has 1 aliphatic rings. The molecule has 0 bridgehead atoms. The van der Waals surface area contributed by atoms with Crippen molar-refractivity contribution in [3.63, 3.8) is 0 Å². The molecule has 1 fully saturated rings. The lowest BCUT2D eigenvalue weighted by Gasteiger charge is -2.41. The lowest BCUT2D eigenvalue weighted by atomic mass is 9.75. The molecular formula is C16H23IO2. The summed E-state index contributed by atoms with van der Waals surface area (Å²) in [5.41, 5.74) is 0.846. The van der Waals surface area contributed by atoms with E-state index in [2.05, 4.69) is 53.8 Å². The van der Waals surface area contributed by atoms with Crippen LogP contribution in [0.15, 0.2) is 24.3 Å². The fourth-order valence-electron chi connectivity index (χ4n) is 2.95. The summed E-state index contributed by atoms with van der Waals surface area (Å²) in [6, 6.07) is 8.37. The molecule has 0 aliphatic heterocycles. The standard InChI is InChI=1S/C16H23IO2/c1-12-7-9-16(19-2,10-8-12)15(18)11-13-3-5-14(17)6-4-13/h3-6,12,15,18H,7-11H2,1-2H3. The average molecular weight is 374 g/mol. The Hall–Kier alpha value is -0.130. The van der Waals surface area contributed by atoms with Crippen molar-refractivity contribution in [3.8, 4) is 0 Å². The molecule has 1 N–H and O–H groups in total. The summed E-state index contributed by atoms with van der Waals surface area (Å²) in [6.07, 6.45) is 4.51. The van der Waals surface area contributed by atoms with Gasteiger partial charge in [0.15, 0.2) is 0 Å². The van der Waals surface area contributed by atoms with E-state index in [1.165, 1.54) is 9.13 Å². The molecule has 0 radical (unpaired) electrons. The second-order valence-electron chi connectivity index (χ2n) is 5.80. The van der Waals surface area contributed by atoms with Gasteiger partial charge in [-0.05, 0) is 71.9 Å². The molecule has 0 spiro atoms. The summed E-state index contributed by atoms with van der Waals surface area (Å²) in [5.74, 6) is 0.758. The van der Waals surface area contributed by atoms with Gasteiger partial charge in [0.1, 0.15) is 0 Å². The third kappa shape index (κ3) is 3.70. The van der Waals surface area contributed by atoms with E-state index in [4.69, 9.17) is 4.74 Å². The van der Waals surface area contributed by atoms with Crippen LogP contribution in [0.4, 0.5) is 0 Å². The summed E-state index contributed by atoms with van der Waals surface area (Å²) in [6.45, 7) is 2.28. The van der Waals surface area contributed by atoms with Gasteiger partial charge in [0.05, 0.1) is 11.7 Å². The quantitative estimate of drug-likeness (QED) is 0.813. The minimum atomic E-state index is -0.412. The van der Waals surface area contributed by atoms with Gasteiger partial charge < -0.3 is 9.84 Å². The van der Waals surface area contributed by atoms with E-state index in [0.717, 1.165) is 31.6 Å². The Balaban J connectivity index is 2.04. The maximum atomic E-state index is 10.6. The van der Waals surface area contributed by atoms with Crippen LogP contribution in [0.25, 0.3) is 0 Å². The molecule has 0 aromatic heterocycles. The van der Waals surface area contributed by atoms with Crippen LogP contribution in [0.2, 0.25) is 0 Å². The predicted octanol–water partition coefficient (Wildman–Crippen LogP) is 3.79. The molecule has 1 atom stereocenters. The van der Waals surface area contributed by atoms with E-state index in [0.29, 0.717) is 6.42 Å². The van der Waals surface area contributed by atoms with Crippen molar-refractivity contribution in [2.45, 2.75) is 50.7 Å². The summed E-state index contributed by atoms with van der Waals surface area (Å²) < 4.78 is 6.96. The largest absolute Gasteiger partial charge is 0.390 e. The zero-order valence-electron chi connectivity index (χ0n) is 11.7. The molecule has 1 saturated carbocycles. The highest BCUT2D eigenvalue weighted by atomic mass is 127. The van der Waals surface area contributed by atoms with Crippen LogP contribution in [-0.4, -0.2) is 23.9 Å². The first-order chi connectivity index (χ1) is 9.05. The molecule has 3 heteroatoms. The number of rotatable bonds is 4. The Morgan fingerprint density at radius 2 is 1.89 bits per heavy atom. The molecule has 106 valence electrons. The lowest BCUT2D eigenvalue weighted by molar-refractivity contribution is -0.127. The molecule has 2 rings (SSSR count). The summed E-state index contributed by atoms with van der Waals surface area (Å²) >= 11 is 2.30. The zero-order valence-corrected chi connectivity index (χ0v) is 13.9. The van der Waals surface area contributed by atoms with Crippen LogP contribution in [0, 0.1) is 9.49 Å². The van der Waals surface area contributed by atoms with Crippen molar-refractivity contribution in [2.24, 2.45) is 5.92 Å². The molecule has 1 aromatic rings. The van der Waals surface area contributed by atoms with Gasteiger partial charge in [0, 0.05) is 17.1 Å². The van der Waals surface area contributed by atoms with Crippen LogP contribution in [0.3, 0.4) is 0 Å². The second-order valence-corrected chi connectivity index (χ2v) is 7.04. The van der Waals surface area contributed by atoms with Crippen LogP contribution >= 0.6 is 22.6 Å². The maximum absolute atomic E-state index is 10.6. The Kier molecular flexibility index (Phi) is 5.26. The number of methoxy groups -OCH3 is 1. The summed E-state index contributed by atoms with van der Waals surface area (Å²) in [4.78, 5) is 0. The SMILES string of the molecule is COC1(C(O)Cc2ccc(I)cc2)CCC(C)CC1. The molecule has 0 saturated heterocycles. The summed E-state index contributed by atoms with van der Waals surface area (Å²) in [7, 11) is 1.74. The molecule has 1 unspecified atom stereocenters. The van der Waals surface area contributed by atoms with Crippen molar-refractivity contribution >= 4 is 22.6 Å². The maximum Gasteiger partial charge on any atom is 0.0939 e. The first kappa shape index (κ1) is 15.3. The van der Waals surface area contributed by atoms with Crippen LogP contribution in [0.1, 0.15) is 38.2 Å². The van der Waals surface area contributed by atoms with Crippen molar-refractivity contribution in [1.29, 1.82) is 0 Å². The third-order valence-corrected chi connectivity index (χ3v) is 5.20. The highest BCUT2D eigenvalue weighted by Crippen LogP contribution is 2.37. The third-order valence-electron chi connectivity index (χ3n) is 4.48. The van der Waals surface area contributed by atoms with Gasteiger partial charge in [-0.3, -0.25) is 0 Å². The number of hydrogen-bond acceptors (Lipinski definition) is 2. The minimum Gasteiger partial charge on any atom is -0.390 e. The Morgan fingerprint density at radius 1 is 1.32 bits per heavy atom. The van der Waals surface area contributed by atoms with E-state index in [1.54, 1.807) is 7.11 Å². The number of aliphatic hydroxyl groups excluding tert-OH is 1.